The smallest absolute Gasteiger partial charge is 0.331 e. The number of rotatable bonds is 18. The highest BCUT2D eigenvalue weighted by Crippen LogP contribution is 2.28. The first kappa shape index (κ1) is 84.1. The number of carboxylic acid groups (broad SMARTS) is 1. The van der Waals surface area contributed by atoms with Crippen molar-refractivity contribution >= 4 is 93.9 Å². The van der Waals surface area contributed by atoms with Gasteiger partial charge < -0.3 is 103 Å². The van der Waals surface area contributed by atoms with Crippen LogP contribution in [0.1, 0.15) is 127 Å². The Balaban J connectivity index is 1.30. The Hall–Kier alpha value is -11.1. The molecular weight excluding hydrogens is 1400 g/mol. The maximum Gasteiger partial charge on any atom is 0.331 e. The van der Waals surface area contributed by atoms with E-state index in [0.717, 1.165) is 25.7 Å². The molecule has 582 valence electrons. The predicted molar refractivity (Wildman–Crippen MR) is 388 cm³/mol. The summed E-state index contributed by atoms with van der Waals surface area (Å²) in [7, 11) is 1.38. The maximum absolute atomic E-state index is 15.1. The molecule has 7 rings (SSSR count). The SMILES string of the molecule is C/C=C\c1ccccc1C(O)CC(=O)N[C@@H]1C(=O)N[C@@H](C)C(=O)N[C@@H]([C@H](C)C(=O)O)C(=O)NCC(=O)N[C@@H]([C@@H](O)c2ccccc2)C(=O)N2CCC[C@H]2C(=O)N[C@@H]([C@@H](O)c2ccc(OC)cc2)C(=O)N[C@H](Cc2c[nH]c3ccccc23)C(=O)N[C@@H](O)C(=O)N[C@H](CC(C)C)C(=O)N[C@H]([C@@H](O)C(C)C)C(=O)O[C@@H]1C. The molecule has 0 spiro atoms. The zero-order valence-electron chi connectivity index (χ0n) is 61.1. The van der Waals surface area contributed by atoms with E-state index in [4.69, 9.17) is 9.47 Å². The monoisotopic (exact) mass is 1500 g/mol. The molecule has 2 saturated heterocycles. The number of carbonyl (C=O) groups excluding carboxylic acids is 12. The highest BCUT2D eigenvalue weighted by Gasteiger charge is 2.45. The third-order valence-electron chi connectivity index (χ3n) is 18.5. The van der Waals surface area contributed by atoms with E-state index in [1.54, 1.807) is 87.5 Å². The van der Waals surface area contributed by atoms with Gasteiger partial charge in [-0.1, -0.05) is 125 Å². The van der Waals surface area contributed by atoms with Gasteiger partial charge in [-0.25, -0.2) is 4.79 Å². The van der Waals surface area contributed by atoms with Gasteiger partial charge in [-0.3, -0.25) is 57.5 Å². The fourth-order valence-electron chi connectivity index (χ4n) is 12.4. The number of esters is 1. The van der Waals surface area contributed by atoms with E-state index < -0.39 is 205 Å². The second-order valence-corrected chi connectivity index (χ2v) is 27.3. The highest BCUT2D eigenvalue weighted by molar-refractivity contribution is 6.00. The molecule has 0 radical (unpaired) electrons. The normalized spacial score (nSPS) is 24.9. The van der Waals surface area contributed by atoms with Gasteiger partial charge in [0.2, 0.25) is 65.3 Å². The average Bonchev–Trinajstić information content (AvgIpc) is 1.53. The van der Waals surface area contributed by atoms with Crippen LogP contribution in [0, 0.1) is 17.8 Å². The van der Waals surface area contributed by atoms with Gasteiger partial charge in [0.15, 0.2) is 6.04 Å². The van der Waals surface area contributed by atoms with Crippen LogP contribution in [-0.2, 0) is 73.5 Å². The molecular formula is C75H96N12O21. The van der Waals surface area contributed by atoms with E-state index in [1.165, 1.54) is 75.7 Å². The zero-order valence-corrected chi connectivity index (χ0v) is 61.1. The van der Waals surface area contributed by atoms with E-state index in [9.17, 15) is 83.4 Å². The van der Waals surface area contributed by atoms with Crippen LogP contribution in [0.5, 0.6) is 5.75 Å². The molecule has 2 aliphatic rings. The standard InChI is InChI=1S/C75H96N12O21/c1-10-19-42-20-14-15-24-48(42)53(88)34-54(89)81-57-41(8)108-75(106)60(61(91)38(4)5)85-65(95)50(32-37(2)3)80-71(101)72(102)86-66(96)51(33-45-35-76-49-25-17-16-23-47(45)49)79-70(100)58(62(92)44-27-29-46(107-9)30-28-44)84-67(97)52-26-18-31-87(52)73(103)59(63(93)43-21-12-11-13-22-43)82-55(90)36-77-68(98)56(39(6)74(104)105)83-64(94)40(7)78-69(57)99/h10-17,19-25,27-30,35,37-41,50-53,56-63,72,76,88,91-93,102H,18,26,31-34,36H2,1-9H3,(H,77,98)(H,78,99)(H,79,100)(H,80,101)(H,81,89)(H,82,90)(H,83,94)(H,84,97)(H,85,95)(H,86,96)(H,104,105)/b19-10-/t39-,40-,41+,50+,51+,52-,53?,56-,57-,58-,59-,60+,61-,62-,63-,72-/m0/s1. The molecule has 1 aromatic heterocycles. The van der Waals surface area contributed by atoms with Gasteiger partial charge in [0.25, 0.3) is 5.91 Å². The lowest BCUT2D eigenvalue weighted by atomic mass is 9.97. The summed E-state index contributed by atoms with van der Waals surface area (Å²) in [6.07, 6.45) is -7.97. The number of carbonyl (C=O) groups is 13. The summed E-state index contributed by atoms with van der Waals surface area (Å²) in [6, 6.07) is 9.59. The Morgan fingerprint density at radius 3 is 1.92 bits per heavy atom. The number of ether oxygens (including phenoxy) is 2. The molecule has 3 heterocycles. The molecule has 4 aromatic carbocycles. The van der Waals surface area contributed by atoms with Crippen molar-refractivity contribution in [3.05, 3.63) is 143 Å². The van der Waals surface area contributed by atoms with Crippen LogP contribution < -0.4 is 57.9 Å². The second-order valence-electron chi connectivity index (χ2n) is 27.3. The number of para-hydroxylation sites is 1. The van der Waals surface area contributed by atoms with Crippen molar-refractivity contribution in [1.29, 1.82) is 0 Å². The number of H-pyrrole nitrogens is 1. The number of cyclic esters (lactones) is 1. The van der Waals surface area contributed by atoms with Crippen LogP contribution in [0.3, 0.4) is 0 Å². The van der Waals surface area contributed by atoms with Crippen molar-refractivity contribution < 1.29 is 102 Å². The number of hydrogen-bond acceptors (Lipinski definition) is 20. The summed E-state index contributed by atoms with van der Waals surface area (Å²) >= 11 is 0. The van der Waals surface area contributed by atoms with E-state index >= 15 is 9.59 Å². The number of carboxylic acids is 1. The lowest BCUT2D eigenvalue weighted by Gasteiger charge is -2.33. The quantitative estimate of drug-likeness (QED) is 0.0492. The third-order valence-corrected chi connectivity index (χ3v) is 18.5. The topological polar surface area (TPSA) is 501 Å². The van der Waals surface area contributed by atoms with E-state index in [-0.39, 0.29) is 36.9 Å². The molecule has 2 fully saturated rings. The number of nitrogens with one attached hydrogen (secondary N) is 11. The Morgan fingerprint density at radius 2 is 1.26 bits per heavy atom. The van der Waals surface area contributed by atoms with Gasteiger partial charge in [-0.15, -0.1) is 0 Å². The lowest BCUT2D eigenvalue weighted by Crippen LogP contribution is -2.62. The number of aliphatic carboxylic acids is 1. The molecule has 33 nitrogen and oxygen atoms in total. The second kappa shape index (κ2) is 38.9. The first-order chi connectivity index (χ1) is 51.2. The van der Waals surface area contributed by atoms with Crippen molar-refractivity contribution in [3.63, 3.8) is 0 Å². The summed E-state index contributed by atoms with van der Waals surface area (Å²) in [4.78, 5) is 191. The van der Waals surface area contributed by atoms with Crippen LogP contribution >= 0.6 is 0 Å². The van der Waals surface area contributed by atoms with Crippen LogP contribution in [0.25, 0.3) is 17.0 Å². The fourth-order valence-corrected chi connectivity index (χ4v) is 12.4. The van der Waals surface area contributed by atoms with Gasteiger partial charge in [0.05, 0.1) is 38.2 Å². The van der Waals surface area contributed by atoms with E-state index in [2.05, 4.69) is 58.2 Å². The molecule has 0 aliphatic carbocycles. The van der Waals surface area contributed by atoms with Crippen molar-refractivity contribution in [3.8, 4) is 5.75 Å². The Kier molecular flexibility index (Phi) is 30.3. The number of aliphatic hydroxyl groups excluding tert-OH is 5. The number of methoxy groups -OCH3 is 1. The summed E-state index contributed by atoms with van der Waals surface area (Å²) in [5.41, 5.74) is 1.92. The number of nitrogens with zero attached hydrogens (tertiary/aromatic N) is 1. The lowest BCUT2D eigenvalue weighted by molar-refractivity contribution is -0.160. The minimum absolute atomic E-state index is 0.0200. The Morgan fingerprint density at radius 1 is 0.648 bits per heavy atom. The first-order valence-corrected chi connectivity index (χ1v) is 35.3. The molecule has 2 aliphatic heterocycles. The number of aromatic nitrogens is 1. The summed E-state index contributed by atoms with van der Waals surface area (Å²) in [6.45, 7) is 9.92. The zero-order chi connectivity index (χ0) is 79.4. The first-order valence-electron chi connectivity index (χ1n) is 35.3. The van der Waals surface area contributed by atoms with Crippen molar-refractivity contribution in [2.75, 3.05) is 20.2 Å². The van der Waals surface area contributed by atoms with Crippen molar-refractivity contribution in [2.24, 2.45) is 17.8 Å². The summed E-state index contributed by atoms with van der Waals surface area (Å²) < 4.78 is 11.1. The number of amides is 11. The predicted octanol–water partition coefficient (Wildman–Crippen LogP) is -0.488. The van der Waals surface area contributed by atoms with Gasteiger partial charge >= 0.3 is 11.9 Å². The molecule has 11 amide bonds. The maximum atomic E-state index is 15.1. The number of aromatic amines is 1. The number of aliphatic hydroxyl groups is 5. The van der Waals surface area contributed by atoms with Crippen LogP contribution in [0.15, 0.2) is 115 Å². The van der Waals surface area contributed by atoms with Gasteiger partial charge in [-0.05, 0) is 105 Å². The van der Waals surface area contributed by atoms with E-state index in [0.29, 0.717) is 33.3 Å². The molecule has 108 heavy (non-hydrogen) atoms. The number of fused-ring (bicyclic) bond motifs is 2. The van der Waals surface area contributed by atoms with Crippen LogP contribution in [0.4, 0.5) is 0 Å². The van der Waals surface area contributed by atoms with Crippen LogP contribution in [0.2, 0.25) is 0 Å². The van der Waals surface area contributed by atoms with Gasteiger partial charge in [0, 0.05) is 30.1 Å². The van der Waals surface area contributed by atoms with Crippen LogP contribution in [-0.4, -0.2) is 210 Å². The molecule has 17 N–H and O–H groups in total. The molecule has 5 aromatic rings. The Labute approximate surface area is 622 Å². The molecule has 33 heteroatoms. The number of benzene rings is 4. The molecule has 0 bridgehead atoms. The van der Waals surface area contributed by atoms with Crippen molar-refractivity contribution in [2.45, 2.75) is 179 Å². The number of hydrogen-bond donors (Lipinski definition) is 17. The van der Waals surface area contributed by atoms with Gasteiger partial charge in [0.1, 0.15) is 72.4 Å². The fraction of sp³-hybridized carbons (Fsp3) is 0.453. The molecule has 16 atom stereocenters. The average molecular weight is 1500 g/mol. The van der Waals surface area contributed by atoms with E-state index in [1.807, 2.05) is 0 Å². The third kappa shape index (κ3) is 22.2. The minimum Gasteiger partial charge on any atom is -0.497 e. The summed E-state index contributed by atoms with van der Waals surface area (Å²) in [5.74, 6) is -19.0. The van der Waals surface area contributed by atoms with Crippen molar-refractivity contribution in [1.82, 2.24) is 63.1 Å². The summed E-state index contributed by atoms with van der Waals surface area (Å²) in [5, 5.41) is 93.2. The molecule has 0 saturated carbocycles. The minimum atomic E-state index is -2.53. The highest BCUT2D eigenvalue weighted by atomic mass is 16.5. The molecule has 1 unspecified atom stereocenters. The van der Waals surface area contributed by atoms with Gasteiger partial charge in [-0.2, -0.15) is 0 Å². The largest absolute Gasteiger partial charge is 0.497 e. The number of allylic oxidation sites excluding steroid dienone is 1. The Bertz CT molecular complexity index is 4080.